The van der Waals surface area contributed by atoms with Gasteiger partial charge in [0.1, 0.15) is 0 Å². The van der Waals surface area contributed by atoms with Crippen molar-refractivity contribution in [1.29, 1.82) is 0 Å². The van der Waals surface area contributed by atoms with E-state index in [2.05, 4.69) is 15.4 Å². The van der Waals surface area contributed by atoms with Gasteiger partial charge >= 0.3 is 5.97 Å². The molecule has 1 saturated heterocycles. The number of benzene rings is 1. The highest BCUT2D eigenvalue weighted by molar-refractivity contribution is 5.93. The summed E-state index contributed by atoms with van der Waals surface area (Å²) < 4.78 is 4.63. The molecule has 5 nitrogen and oxygen atoms in total. The van der Waals surface area contributed by atoms with E-state index in [1.54, 1.807) is 24.3 Å². The first-order chi connectivity index (χ1) is 9.69. The van der Waals surface area contributed by atoms with Gasteiger partial charge in [-0.15, -0.1) is 0 Å². The topological polar surface area (TPSA) is 67.4 Å². The molecular weight excluding hydrogens is 256 g/mol. The highest BCUT2D eigenvalue weighted by Gasteiger charge is 2.16. The van der Waals surface area contributed by atoms with E-state index in [0.29, 0.717) is 23.6 Å². The number of carbonyl (C=O) groups is 2. The van der Waals surface area contributed by atoms with Crippen molar-refractivity contribution in [2.24, 2.45) is 5.92 Å². The Hall–Kier alpha value is -1.88. The van der Waals surface area contributed by atoms with Crippen molar-refractivity contribution in [3.05, 3.63) is 29.8 Å². The Morgan fingerprint density at radius 3 is 2.50 bits per heavy atom. The number of anilines is 1. The third-order valence-electron chi connectivity index (χ3n) is 3.52. The van der Waals surface area contributed by atoms with Crippen LogP contribution in [0.5, 0.6) is 0 Å². The van der Waals surface area contributed by atoms with E-state index in [1.807, 2.05) is 0 Å². The number of esters is 1. The third-order valence-corrected chi connectivity index (χ3v) is 3.52. The monoisotopic (exact) mass is 276 g/mol. The fourth-order valence-corrected chi connectivity index (χ4v) is 2.37. The lowest BCUT2D eigenvalue weighted by Crippen LogP contribution is -2.30. The molecule has 0 saturated carbocycles. The Morgan fingerprint density at radius 1 is 1.25 bits per heavy atom. The fourth-order valence-electron chi connectivity index (χ4n) is 2.37. The Labute approximate surface area is 118 Å². The predicted octanol–water partition coefficient (Wildman–Crippen LogP) is 1.80. The predicted molar refractivity (Wildman–Crippen MR) is 76.6 cm³/mol. The van der Waals surface area contributed by atoms with E-state index in [-0.39, 0.29) is 11.9 Å². The van der Waals surface area contributed by atoms with Crippen LogP contribution in [-0.2, 0) is 9.53 Å². The summed E-state index contributed by atoms with van der Waals surface area (Å²) in [4.78, 5) is 23.2. The van der Waals surface area contributed by atoms with Crippen molar-refractivity contribution in [3.63, 3.8) is 0 Å². The lowest BCUT2D eigenvalue weighted by atomic mass is 9.94. The molecule has 1 aliphatic rings. The molecule has 1 fully saturated rings. The van der Waals surface area contributed by atoms with Gasteiger partial charge in [-0.05, 0) is 56.1 Å². The molecule has 2 N–H and O–H groups in total. The number of methoxy groups -OCH3 is 1. The number of carbonyl (C=O) groups excluding carboxylic acids is 2. The van der Waals surface area contributed by atoms with Gasteiger partial charge in [0.2, 0.25) is 5.91 Å². The molecule has 1 heterocycles. The summed E-state index contributed by atoms with van der Waals surface area (Å²) >= 11 is 0. The lowest BCUT2D eigenvalue weighted by molar-refractivity contribution is -0.117. The van der Waals surface area contributed by atoms with Crippen molar-refractivity contribution in [1.82, 2.24) is 5.32 Å². The second kappa shape index (κ2) is 7.05. The molecule has 0 atom stereocenters. The smallest absolute Gasteiger partial charge is 0.337 e. The van der Waals surface area contributed by atoms with Crippen molar-refractivity contribution >= 4 is 17.6 Å². The van der Waals surface area contributed by atoms with Crippen LogP contribution in [0.2, 0.25) is 0 Å². The molecule has 1 aromatic carbocycles. The van der Waals surface area contributed by atoms with Crippen LogP contribution in [0.25, 0.3) is 0 Å². The number of rotatable bonds is 4. The number of piperidine rings is 1. The molecule has 1 aromatic rings. The number of hydrogen-bond donors (Lipinski definition) is 2. The molecule has 20 heavy (non-hydrogen) atoms. The van der Waals surface area contributed by atoms with Crippen LogP contribution in [0, 0.1) is 5.92 Å². The summed E-state index contributed by atoms with van der Waals surface area (Å²) in [5.41, 5.74) is 1.18. The summed E-state index contributed by atoms with van der Waals surface area (Å²) in [5, 5.41) is 6.15. The molecule has 0 radical (unpaired) electrons. The van der Waals surface area contributed by atoms with E-state index in [1.165, 1.54) is 7.11 Å². The molecule has 0 bridgehead atoms. The standard InChI is InChI=1S/C15H20N2O3/c1-20-15(19)12-2-4-13(5-3-12)17-14(18)10-11-6-8-16-9-7-11/h2-5,11,16H,6-10H2,1H3,(H,17,18). The van der Waals surface area contributed by atoms with Crippen LogP contribution in [0.3, 0.4) is 0 Å². The SMILES string of the molecule is COC(=O)c1ccc(NC(=O)CC2CCNCC2)cc1. The summed E-state index contributed by atoms with van der Waals surface area (Å²) in [5.74, 6) is 0.117. The minimum atomic E-state index is -0.377. The van der Waals surface area contributed by atoms with E-state index in [4.69, 9.17) is 0 Å². The van der Waals surface area contributed by atoms with Gasteiger partial charge in [0.25, 0.3) is 0 Å². The summed E-state index contributed by atoms with van der Waals surface area (Å²) in [6, 6.07) is 6.72. The van der Waals surface area contributed by atoms with Crippen molar-refractivity contribution in [2.75, 3.05) is 25.5 Å². The molecule has 1 aliphatic heterocycles. The van der Waals surface area contributed by atoms with Gasteiger partial charge in [-0.2, -0.15) is 0 Å². The second-order valence-electron chi connectivity index (χ2n) is 5.01. The normalized spacial score (nSPS) is 15.7. The molecular formula is C15H20N2O3. The van der Waals surface area contributed by atoms with Gasteiger partial charge in [0, 0.05) is 12.1 Å². The average molecular weight is 276 g/mol. The Bertz CT molecular complexity index is 465. The van der Waals surface area contributed by atoms with Crippen LogP contribution >= 0.6 is 0 Å². The maximum Gasteiger partial charge on any atom is 0.337 e. The van der Waals surface area contributed by atoms with Crippen LogP contribution < -0.4 is 10.6 Å². The molecule has 0 unspecified atom stereocenters. The number of ether oxygens (including phenoxy) is 1. The summed E-state index contributed by atoms with van der Waals surface area (Å²) in [7, 11) is 1.34. The van der Waals surface area contributed by atoms with E-state index in [9.17, 15) is 9.59 Å². The highest BCUT2D eigenvalue weighted by atomic mass is 16.5. The summed E-state index contributed by atoms with van der Waals surface area (Å²) in [6.45, 7) is 1.98. The number of nitrogens with one attached hydrogen (secondary N) is 2. The number of amides is 1. The van der Waals surface area contributed by atoms with Crippen molar-refractivity contribution in [3.8, 4) is 0 Å². The first-order valence-corrected chi connectivity index (χ1v) is 6.88. The molecule has 1 amide bonds. The molecule has 0 aliphatic carbocycles. The molecule has 0 aromatic heterocycles. The molecule has 5 heteroatoms. The first-order valence-electron chi connectivity index (χ1n) is 6.88. The largest absolute Gasteiger partial charge is 0.465 e. The minimum absolute atomic E-state index is 0.0303. The van der Waals surface area contributed by atoms with E-state index < -0.39 is 0 Å². The maximum absolute atomic E-state index is 11.9. The van der Waals surface area contributed by atoms with Crippen LogP contribution in [-0.4, -0.2) is 32.1 Å². The minimum Gasteiger partial charge on any atom is -0.465 e. The van der Waals surface area contributed by atoms with Gasteiger partial charge in [0.15, 0.2) is 0 Å². The van der Waals surface area contributed by atoms with E-state index >= 15 is 0 Å². The van der Waals surface area contributed by atoms with Gasteiger partial charge in [-0.3, -0.25) is 4.79 Å². The molecule has 2 rings (SSSR count). The van der Waals surface area contributed by atoms with Gasteiger partial charge in [-0.1, -0.05) is 0 Å². The van der Waals surface area contributed by atoms with Crippen LogP contribution in [0.15, 0.2) is 24.3 Å². The Balaban J connectivity index is 1.85. The zero-order chi connectivity index (χ0) is 14.4. The third kappa shape index (κ3) is 4.06. The summed E-state index contributed by atoms with van der Waals surface area (Å²) in [6.07, 6.45) is 2.66. The van der Waals surface area contributed by atoms with Crippen LogP contribution in [0.4, 0.5) is 5.69 Å². The zero-order valence-electron chi connectivity index (χ0n) is 11.6. The van der Waals surface area contributed by atoms with Gasteiger partial charge in [-0.25, -0.2) is 4.79 Å². The zero-order valence-corrected chi connectivity index (χ0v) is 11.6. The van der Waals surface area contributed by atoms with Crippen molar-refractivity contribution < 1.29 is 14.3 Å². The Kier molecular flexibility index (Phi) is 5.12. The number of hydrogen-bond acceptors (Lipinski definition) is 4. The molecule has 0 spiro atoms. The maximum atomic E-state index is 11.9. The lowest BCUT2D eigenvalue weighted by Gasteiger charge is -2.21. The van der Waals surface area contributed by atoms with Crippen molar-refractivity contribution in [2.45, 2.75) is 19.3 Å². The van der Waals surface area contributed by atoms with Gasteiger partial charge in [0.05, 0.1) is 12.7 Å². The van der Waals surface area contributed by atoms with Crippen LogP contribution in [0.1, 0.15) is 29.6 Å². The quantitative estimate of drug-likeness (QED) is 0.823. The second-order valence-corrected chi connectivity index (χ2v) is 5.01. The Morgan fingerprint density at radius 2 is 1.90 bits per heavy atom. The first kappa shape index (κ1) is 14.5. The van der Waals surface area contributed by atoms with E-state index in [0.717, 1.165) is 25.9 Å². The van der Waals surface area contributed by atoms with Gasteiger partial charge < -0.3 is 15.4 Å². The molecule has 108 valence electrons. The fraction of sp³-hybridized carbons (Fsp3) is 0.467. The average Bonchev–Trinajstić information content (AvgIpc) is 2.48. The highest BCUT2D eigenvalue weighted by Crippen LogP contribution is 2.17.